The number of thiazole rings is 1. The lowest BCUT2D eigenvalue weighted by Gasteiger charge is -2.19. The maximum atomic E-state index is 4.69. The van der Waals surface area contributed by atoms with Crippen LogP contribution in [0.2, 0.25) is 0 Å². The Morgan fingerprint density at radius 2 is 2.04 bits per heavy atom. The van der Waals surface area contributed by atoms with Crippen LogP contribution in [0.5, 0.6) is 0 Å². The minimum Gasteiger partial charge on any atom is -0.357 e. The van der Waals surface area contributed by atoms with Crippen LogP contribution in [0.3, 0.4) is 0 Å². The van der Waals surface area contributed by atoms with E-state index in [9.17, 15) is 0 Å². The van der Waals surface area contributed by atoms with Crippen molar-refractivity contribution in [2.24, 2.45) is 4.99 Å². The fourth-order valence-corrected chi connectivity index (χ4v) is 3.46. The maximum absolute atomic E-state index is 4.69. The van der Waals surface area contributed by atoms with E-state index in [1.165, 1.54) is 23.3 Å². The Morgan fingerprint density at radius 1 is 1.26 bits per heavy atom. The highest BCUT2D eigenvalue weighted by atomic mass is 32.1. The van der Waals surface area contributed by atoms with E-state index >= 15 is 0 Å². The van der Waals surface area contributed by atoms with E-state index in [0.29, 0.717) is 12.0 Å². The Labute approximate surface area is 142 Å². The van der Waals surface area contributed by atoms with E-state index in [0.717, 1.165) is 24.1 Å². The van der Waals surface area contributed by atoms with Crippen LogP contribution in [0.1, 0.15) is 35.2 Å². The van der Waals surface area contributed by atoms with Crippen molar-refractivity contribution in [2.75, 3.05) is 13.1 Å². The lowest BCUT2D eigenvalue weighted by molar-refractivity contribution is 0.646. The summed E-state index contributed by atoms with van der Waals surface area (Å²) in [5.41, 5.74) is 1.72. The minimum absolute atomic E-state index is 0.290. The first-order chi connectivity index (χ1) is 11.2. The summed E-state index contributed by atoms with van der Waals surface area (Å²) >= 11 is 1.71. The number of hydrogen-bond acceptors (Lipinski definition) is 3. The maximum Gasteiger partial charge on any atom is 0.191 e. The van der Waals surface area contributed by atoms with Gasteiger partial charge in [0.1, 0.15) is 0 Å². The predicted molar refractivity (Wildman–Crippen MR) is 97.0 cm³/mol. The molecule has 1 heterocycles. The highest BCUT2D eigenvalue weighted by Gasteiger charge is 2.43. The normalized spacial score (nSPS) is 16.2. The lowest BCUT2D eigenvalue weighted by atomic mass is 9.96. The third-order valence-corrected chi connectivity index (χ3v) is 5.14. The van der Waals surface area contributed by atoms with E-state index < -0.39 is 0 Å². The molecule has 122 valence electrons. The molecule has 1 aliphatic rings. The number of aliphatic imine (C=N–C) groups is 1. The largest absolute Gasteiger partial charge is 0.357 e. The first-order valence-corrected chi connectivity index (χ1v) is 9.02. The van der Waals surface area contributed by atoms with E-state index in [2.05, 4.69) is 57.9 Å². The summed E-state index contributed by atoms with van der Waals surface area (Å²) in [5.74, 6) is 0.890. The van der Waals surface area contributed by atoms with Crippen molar-refractivity contribution in [3.8, 4) is 0 Å². The number of nitrogens with zero attached hydrogens (tertiary/aromatic N) is 2. The zero-order chi connectivity index (χ0) is 16.1. The van der Waals surface area contributed by atoms with E-state index in [-0.39, 0.29) is 0 Å². The number of nitrogens with one attached hydrogen (secondary N) is 2. The van der Waals surface area contributed by atoms with Crippen LogP contribution in [-0.2, 0) is 12.0 Å². The number of benzene rings is 1. The van der Waals surface area contributed by atoms with E-state index in [1.807, 2.05) is 13.1 Å². The summed E-state index contributed by atoms with van der Waals surface area (Å²) in [6, 6.07) is 10.8. The molecule has 1 aromatic carbocycles. The molecule has 0 aliphatic heterocycles. The zero-order valence-corrected chi connectivity index (χ0v) is 14.6. The van der Waals surface area contributed by atoms with E-state index in [4.69, 9.17) is 0 Å². The molecule has 1 saturated carbocycles. The minimum atomic E-state index is 0.290. The van der Waals surface area contributed by atoms with Crippen LogP contribution in [0, 0.1) is 6.92 Å². The molecule has 2 aromatic rings. The average Bonchev–Trinajstić information content (AvgIpc) is 3.26. The van der Waals surface area contributed by atoms with Crippen LogP contribution in [-0.4, -0.2) is 24.0 Å². The van der Waals surface area contributed by atoms with Gasteiger partial charge in [-0.25, -0.2) is 9.98 Å². The van der Waals surface area contributed by atoms with Gasteiger partial charge in [-0.2, -0.15) is 0 Å². The molecule has 3 rings (SSSR count). The number of guanidine groups is 1. The van der Waals surface area contributed by atoms with Crippen LogP contribution in [0.15, 0.2) is 41.5 Å². The number of aromatic nitrogens is 1. The van der Waals surface area contributed by atoms with Gasteiger partial charge in [-0.3, -0.25) is 0 Å². The number of aryl methyl sites for hydroxylation is 1. The molecule has 0 spiro atoms. The molecule has 4 nitrogen and oxygen atoms in total. The molecule has 0 bridgehead atoms. The van der Waals surface area contributed by atoms with Gasteiger partial charge in [0.15, 0.2) is 5.96 Å². The van der Waals surface area contributed by atoms with Gasteiger partial charge >= 0.3 is 0 Å². The van der Waals surface area contributed by atoms with Crippen molar-refractivity contribution >= 4 is 17.3 Å². The second-order valence-corrected chi connectivity index (χ2v) is 7.36. The smallest absolute Gasteiger partial charge is 0.191 e. The molecule has 0 unspecified atom stereocenters. The highest BCUT2D eigenvalue weighted by molar-refractivity contribution is 7.11. The average molecular weight is 328 g/mol. The fourth-order valence-electron chi connectivity index (χ4n) is 2.74. The van der Waals surface area contributed by atoms with Gasteiger partial charge in [0.25, 0.3) is 0 Å². The second kappa shape index (κ2) is 7.13. The number of rotatable bonds is 6. The van der Waals surface area contributed by atoms with Gasteiger partial charge in [0, 0.05) is 29.6 Å². The Hall–Kier alpha value is -1.88. The third-order valence-electron chi connectivity index (χ3n) is 4.24. The Morgan fingerprint density at radius 3 is 2.65 bits per heavy atom. The van der Waals surface area contributed by atoms with Gasteiger partial charge in [-0.1, -0.05) is 30.3 Å². The summed E-state index contributed by atoms with van der Waals surface area (Å²) in [5, 5.41) is 7.95. The summed E-state index contributed by atoms with van der Waals surface area (Å²) in [6.07, 6.45) is 4.41. The van der Waals surface area contributed by atoms with Gasteiger partial charge < -0.3 is 10.6 Å². The molecule has 1 aromatic heterocycles. The highest BCUT2D eigenvalue weighted by Crippen LogP contribution is 2.47. The van der Waals surface area contributed by atoms with Crippen LogP contribution in [0.25, 0.3) is 0 Å². The molecular weight excluding hydrogens is 304 g/mol. The zero-order valence-electron chi connectivity index (χ0n) is 13.8. The quantitative estimate of drug-likeness (QED) is 0.632. The fraction of sp³-hybridized carbons (Fsp3) is 0.444. The molecule has 0 radical (unpaired) electrons. The van der Waals surface area contributed by atoms with Gasteiger partial charge in [-0.15, -0.1) is 11.3 Å². The molecule has 0 saturated heterocycles. The topological polar surface area (TPSA) is 49.3 Å². The summed E-state index contributed by atoms with van der Waals surface area (Å²) in [7, 11) is 0. The third kappa shape index (κ3) is 4.10. The first-order valence-electron chi connectivity index (χ1n) is 8.21. The second-order valence-electron chi connectivity index (χ2n) is 6.04. The van der Waals surface area contributed by atoms with Crippen LogP contribution in [0.4, 0.5) is 0 Å². The Bertz CT molecular complexity index is 659. The first kappa shape index (κ1) is 16.0. The molecule has 0 amide bonds. The van der Waals surface area contributed by atoms with Crippen molar-refractivity contribution in [1.82, 2.24) is 15.6 Å². The molecule has 2 N–H and O–H groups in total. The molecule has 23 heavy (non-hydrogen) atoms. The predicted octanol–water partition coefficient (Wildman–Crippen LogP) is 3.24. The molecule has 1 fully saturated rings. The SMILES string of the molecule is CCNC(=NCc1cnc(C)s1)NCC1(c2ccccc2)CC1. The van der Waals surface area contributed by atoms with Crippen LogP contribution < -0.4 is 10.6 Å². The van der Waals surface area contributed by atoms with Gasteiger partial charge in [0.2, 0.25) is 0 Å². The molecular formula is C18H24N4S. The van der Waals surface area contributed by atoms with Crippen molar-refractivity contribution in [2.45, 2.75) is 38.6 Å². The van der Waals surface area contributed by atoms with Gasteiger partial charge in [-0.05, 0) is 32.3 Å². The van der Waals surface area contributed by atoms with E-state index in [1.54, 1.807) is 11.3 Å². The molecule has 5 heteroatoms. The van der Waals surface area contributed by atoms with Crippen molar-refractivity contribution in [3.05, 3.63) is 52.0 Å². The summed E-state index contributed by atoms with van der Waals surface area (Å²) in [6.45, 7) is 6.60. The van der Waals surface area contributed by atoms with Crippen LogP contribution >= 0.6 is 11.3 Å². The summed E-state index contributed by atoms with van der Waals surface area (Å²) < 4.78 is 0. The van der Waals surface area contributed by atoms with Gasteiger partial charge in [0.05, 0.1) is 11.6 Å². The lowest BCUT2D eigenvalue weighted by Crippen LogP contribution is -2.41. The Kier molecular flexibility index (Phi) is 4.96. The number of hydrogen-bond donors (Lipinski definition) is 2. The van der Waals surface area contributed by atoms with Crippen molar-refractivity contribution in [1.29, 1.82) is 0 Å². The monoisotopic (exact) mass is 328 g/mol. The summed E-state index contributed by atoms with van der Waals surface area (Å²) in [4.78, 5) is 10.2. The van der Waals surface area contributed by atoms with Crippen molar-refractivity contribution < 1.29 is 0 Å². The van der Waals surface area contributed by atoms with Crippen molar-refractivity contribution in [3.63, 3.8) is 0 Å². The molecule has 0 atom stereocenters. The molecule has 1 aliphatic carbocycles. The Balaban J connectivity index is 1.61. The standard InChI is InChI=1S/C18H24N4S/c1-3-19-17(21-12-16-11-20-14(2)23-16)22-13-18(9-10-18)15-7-5-4-6-8-15/h4-8,11H,3,9-10,12-13H2,1-2H3,(H2,19,21,22).